The molecule has 0 spiro atoms. The topological polar surface area (TPSA) is 61.6 Å². The molecule has 0 saturated heterocycles. The maximum atomic E-state index is 12.7. The van der Waals surface area contributed by atoms with Gasteiger partial charge in [0.15, 0.2) is 0 Å². The molecule has 0 aliphatic rings. The molecule has 0 amide bonds. The first-order valence-corrected chi connectivity index (χ1v) is 5.90. The Hall–Kier alpha value is -2.14. The summed E-state index contributed by atoms with van der Waals surface area (Å²) in [6, 6.07) is 6.43. The zero-order valence-electron chi connectivity index (χ0n) is 9.62. The monoisotopic (exact) mass is 284 g/mol. The lowest BCUT2D eigenvalue weighted by Gasteiger charge is -2.08. The molecule has 0 atom stereocenters. The van der Waals surface area contributed by atoms with Crippen LogP contribution in [0.2, 0.25) is 0 Å². The molecule has 19 heavy (non-hydrogen) atoms. The second-order valence-corrected chi connectivity index (χ2v) is 4.57. The zero-order valence-corrected chi connectivity index (χ0v) is 10.4. The van der Waals surface area contributed by atoms with Gasteiger partial charge in [0.2, 0.25) is 5.82 Å². The van der Waals surface area contributed by atoms with Crippen molar-refractivity contribution in [3.63, 3.8) is 0 Å². The van der Waals surface area contributed by atoms with Crippen LogP contribution in [0.25, 0.3) is 10.6 Å². The van der Waals surface area contributed by atoms with E-state index in [0.717, 1.165) is 11.3 Å². The average molecular weight is 284 g/mol. The van der Waals surface area contributed by atoms with Crippen LogP contribution in [0.15, 0.2) is 18.2 Å². The Morgan fingerprint density at radius 3 is 2.58 bits per heavy atom. The average Bonchev–Trinajstić information content (AvgIpc) is 2.86. The number of aromatic nitrogens is 2. The number of hydrogen-bond donors (Lipinski definition) is 1. The first kappa shape index (κ1) is 13.3. The van der Waals surface area contributed by atoms with E-state index in [1.54, 1.807) is 6.07 Å². The fourth-order valence-corrected chi connectivity index (χ4v) is 2.13. The van der Waals surface area contributed by atoms with Crippen LogP contribution in [-0.2, 0) is 6.18 Å². The minimum Gasteiger partial charge on any atom is -0.373 e. The number of anilines is 1. The van der Waals surface area contributed by atoms with E-state index in [-0.39, 0.29) is 11.5 Å². The van der Waals surface area contributed by atoms with Crippen LogP contribution < -0.4 is 5.32 Å². The highest BCUT2D eigenvalue weighted by molar-refractivity contribution is 7.15. The van der Waals surface area contributed by atoms with Crippen molar-refractivity contribution in [3.8, 4) is 16.6 Å². The molecule has 0 fully saturated rings. The standard InChI is InChI=1S/C11H7F3N4S/c1-16-9-4-7(8-3-2-6(5-15)19-8)17-10(18-9)11(12,13)14/h2-4H,1H3,(H,16,17,18). The first-order valence-electron chi connectivity index (χ1n) is 5.08. The second-order valence-electron chi connectivity index (χ2n) is 3.49. The van der Waals surface area contributed by atoms with Crippen LogP contribution in [0.3, 0.4) is 0 Å². The van der Waals surface area contributed by atoms with Crippen LogP contribution in [0, 0.1) is 11.3 Å². The Labute approximate surface area is 110 Å². The molecule has 0 aliphatic carbocycles. The van der Waals surface area contributed by atoms with Crippen LogP contribution in [0.4, 0.5) is 19.0 Å². The van der Waals surface area contributed by atoms with E-state index in [4.69, 9.17) is 5.26 Å². The zero-order chi connectivity index (χ0) is 14.0. The summed E-state index contributed by atoms with van der Waals surface area (Å²) in [7, 11) is 1.47. The van der Waals surface area contributed by atoms with Crippen LogP contribution >= 0.6 is 11.3 Å². The molecule has 0 radical (unpaired) electrons. The summed E-state index contributed by atoms with van der Waals surface area (Å²) in [5, 5.41) is 11.3. The van der Waals surface area contributed by atoms with Gasteiger partial charge in [-0.1, -0.05) is 0 Å². The molecule has 2 aromatic heterocycles. The van der Waals surface area contributed by atoms with Crippen molar-refractivity contribution < 1.29 is 13.2 Å². The second kappa shape index (κ2) is 4.85. The van der Waals surface area contributed by atoms with Crippen molar-refractivity contribution >= 4 is 17.2 Å². The highest BCUT2D eigenvalue weighted by Gasteiger charge is 2.35. The Bertz CT molecular complexity index is 642. The Balaban J connectivity index is 2.54. The lowest BCUT2D eigenvalue weighted by atomic mass is 10.3. The molecule has 0 saturated carbocycles. The predicted octanol–water partition coefficient (Wildman–Crippen LogP) is 3.14. The molecule has 2 aromatic rings. The molecule has 0 unspecified atom stereocenters. The third-order valence-electron chi connectivity index (χ3n) is 2.20. The van der Waals surface area contributed by atoms with Gasteiger partial charge in [-0.15, -0.1) is 11.3 Å². The van der Waals surface area contributed by atoms with Gasteiger partial charge in [0.25, 0.3) is 0 Å². The maximum Gasteiger partial charge on any atom is 0.451 e. The Morgan fingerprint density at radius 1 is 1.32 bits per heavy atom. The van der Waals surface area contributed by atoms with E-state index in [1.807, 2.05) is 6.07 Å². The van der Waals surface area contributed by atoms with Crippen molar-refractivity contribution in [1.29, 1.82) is 5.26 Å². The van der Waals surface area contributed by atoms with E-state index in [9.17, 15) is 13.2 Å². The van der Waals surface area contributed by atoms with Crippen molar-refractivity contribution in [3.05, 3.63) is 28.9 Å². The van der Waals surface area contributed by atoms with Crippen LogP contribution in [0.5, 0.6) is 0 Å². The summed E-state index contributed by atoms with van der Waals surface area (Å²) in [6.45, 7) is 0. The third-order valence-corrected chi connectivity index (χ3v) is 3.22. The molecule has 8 heteroatoms. The summed E-state index contributed by atoms with van der Waals surface area (Å²) < 4.78 is 38.0. The molecular weight excluding hydrogens is 277 g/mol. The van der Waals surface area contributed by atoms with Crippen molar-refractivity contribution in [2.24, 2.45) is 0 Å². The highest BCUT2D eigenvalue weighted by atomic mass is 32.1. The van der Waals surface area contributed by atoms with Crippen LogP contribution in [-0.4, -0.2) is 17.0 Å². The summed E-state index contributed by atoms with van der Waals surface area (Å²) >= 11 is 1.08. The van der Waals surface area contributed by atoms with Gasteiger partial charge in [-0.25, -0.2) is 9.97 Å². The summed E-state index contributed by atoms with van der Waals surface area (Å²) in [4.78, 5) is 7.76. The normalized spacial score (nSPS) is 11.1. The lowest BCUT2D eigenvalue weighted by Crippen LogP contribution is -2.12. The molecule has 4 nitrogen and oxygen atoms in total. The largest absolute Gasteiger partial charge is 0.451 e. The first-order chi connectivity index (χ1) is 8.94. The summed E-state index contributed by atoms with van der Waals surface area (Å²) in [5.41, 5.74) is 0.137. The van der Waals surface area contributed by atoms with Crippen molar-refractivity contribution in [2.75, 3.05) is 12.4 Å². The fraction of sp³-hybridized carbons (Fsp3) is 0.182. The Morgan fingerprint density at radius 2 is 2.05 bits per heavy atom. The number of thiophene rings is 1. The third kappa shape index (κ3) is 2.82. The van der Waals surface area contributed by atoms with E-state index in [2.05, 4.69) is 15.3 Å². The number of hydrogen-bond acceptors (Lipinski definition) is 5. The van der Waals surface area contributed by atoms with Gasteiger partial charge >= 0.3 is 6.18 Å². The van der Waals surface area contributed by atoms with Gasteiger partial charge in [0.05, 0.1) is 10.6 Å². The molecule has 1 N–H and O–H groups in total. The summed E-state index contributed by atoms with van der Waals surface area (Å²) in [6.07, 6.45) is -4.61. The molecule has 98 valence electrons. The number of alkyl halides is 3. The van der Waals surface area contributed by atoms with Gasteiger partial charge < -0.3 is 5.32 Å². The number of nitrogens with zero attached hydrogens (tertiary/aromatic N) is 3. The lowest BCUT2D eigenvalue weighted by molar-refractivity contribution is -0.144. The minimum absolute atomic E-state index is 0.0734. The number of nitrogens with one attached hydrogen (secondary N) is 1. The van der Waals surface area contributed by atoms with Crippen molar-refractivity contribution in [2.45, 2.75) is 6.18 Å². The number of nitriles is 1. The highest BCUT2D eigenvalue weighted by Crippen LogP contribution is 2.32. The fourth-order valence-electron chi connectivity index (χ4n) is 1.36. The molecule has 2 heterocycles. The van der Waals surface area contributed by atoms with Gasteiger partial charge in [-0.05, 0) is 12.1 Å². The molecule has 2 rings (SSSR count). The Kier molecular flexibility index (Phi) is 3.40. The molecule has 0 bridgehead atoms. The van der Waals surface area contributed by atoms with Gasteiger partial charge in [0.1, 0.15) is 16.8 Å². The number of rotatable bonds is 2. The van der Waals surface area contributed by atoms with E-state index in [1.165, 1.54) is 19.2 Å². The molecule has 0 aromatic carbocycles. The van der Waals surface area contributed by atoms with Crippen molar-refractivity contribution in [1.82, 2.24) is 9.97 Å². The predicted molar refractivity (Wildman–Crippen MR) is 64.6 cm³/mol. The maximum absolute atomic E-state index is 12.7. The quantitative estimate of drug-likeness (QED) is 0.920. The molecule has 0 aliphatic heterocycles. The summed E-state index contributed by atoms with van der Waals surface area (Å²) in [5.74, 6) is -1.13. The number of halogens is 3. The van der Waals surface area contributed by atoms with Gasteiger partial charge in [-0.2, -0.15) is 18.4 Å². The van der Waals surface area contributed by atoms with Gasteiger partial charge in [0, 0.05) is 13.1 Å². The van der Waals surface area contributed by atoms with Gasteiger partial charge in [-0.3, -0.25) is 0 Å². The smallest absolute Gasteiger partial charge is 0.373 e. The van der Waals surface area contributed by atoms with E-state index < -0.39 is 12.0 Å². The SMILES string of the molecule is CNc1cc(-c2ccc(C#N)s2)nc(C(F)(F)F)n1. The minimum atomic E-state index is -4.61. The molecular formula is C11H7F3N4S. The van der Waals surface area contributed by atoms with Crippen LogP contribution in [0.1, 0.15) is 10.7 Å². The van der Waals surface area contributed by atoms with E-state index >= 15 is 0 Å². The van der Waals surface area contributed by atoms with E-state index in [0.29, 0.717) is 9.75 Å².